The molecule has 3 aliphatic rings. The summed E-state index contributed by atoms with van der Waals surface area (Å²) in [5.74, 6) is 1.01. The van der Waals surface area contributed by atoms with E-state index in [1.807, 2.05) is 35.2 Å². The highest BCUT2D eigenvalue weighted by Gasteiger charge is 2.32. The molecular formula is C29H37Cl2N3O2. The van der Waals surface area contributed by atoms with Crippen molar-refractivity contribution in [2.24, 2.45) is 5.92 Å². The zero-order chi connectivity index (χ0) is 24.4. The fourth-order valence-corrected chi connectivity index (χ4v) is 6.27. The lowest BCUT2D eigenvalue weighted by Crippen LogP contribution is -2.47. The van der Waals surface area contributed by atoms with Gasteiger partial charge in [0.25, 0.3) is 5.91 Å². The van der Waals surface area contributed by atoms with Crippen molar-refractivity contribution in [3.05, 3.63) is 58.6 Å². The molecule has 5 nitrogen and oxygen atoms in total. The minimum absolute atomic E-state index is 0. The summed E-state index contributed by atoms with van der Waals surface area (Å²) in [6, 6.07) is 14.6. The van der Waals surface area contributed by atoms with E-state index in [0.29, 0.717) is 17.9 Å². The molecule has 2 aromatic carbocycles. The number of carbonyl (C=O) groups is 2. The van der Waals surface area contributed by atoms with Crippen molar-refractivity contribution in [3.8, 4) is 11.1 Å². The Morgan fingerprint density at radius 2 is 1.75 bits per heavy atom. The van der Waals surface area contributed by atoms with Crippen LogP contribution in [0.2, 0.25) is 5.02 Å². The zero-order valence-electron chi connectivity index (χ0n) is 21.1. The number of benzene rings is 2. The van der Waals surface area contributed by atoms with Gasteiger partial charge in [-0.05, 0) is 80.0 Å². The number of piperazine rings is 1. The van der Waals surface area contributed by atoms with Crippen LogP contribution < -0.4 is 0 Å². The van der Waals surface area contributed by atoms with Crippen LogP contribution in [0.25, 0.3) is 11.1 Å². The molecule has 1 aliphatic carbocycles. The Labute approximate surface area is 226 Å². The van der Waals surface area contributed by atoms with Crippen LogP contribution >= 0.6 is 24.0 Å². The first-order chi connectivity index (χ1) is 17.0. The molecule has 0 aromatic heterocycles. The number of halogens is 2. The standard InChI is InChI=1S/C29H36ClN3O2.ClH/c1-31-13-15-32(16-14-31)29(35)25-7-3-6-22(19-25)23-10-11-24(27(30)20-23)17-21-5-2-8-26(18-21)33-12-4-9-28(33)34;/h3,6-7,10-11,19-21,26H,2,4-5,8-9,12-18H2,1H3;1H. The van der Waals surface area contributed by atoms with Crippen molar-refractivity contribution < 1.29 is 9.59 Å². The highest BCUT2D eigenvalue weighted by Crippen LogP contribution is 2.35. The van der Waals surface area contributed by atoms with Gasteiger partial charge in [0.05, 0.1) is 0 Å². The first kappa shape index (κ1) is 27.0. The molecule has 7 heteroatoms. The molecule has 5 rings (SSSR count). The van der Waals surface area contributed by atoms with E-state index >= 15 is 0 Å². The normalized spacial score (nSPS) is 23.0. The second kappa shape index (κ2) is 12.0. The molecule has 2 atom stereocenters. The number of hydrogen-bond donors (Lipinski definition) is 0. The van der Waals surface area contributed by atoms with Gasteiger partial charge in [0.2, 0.25) is 5.91 Å². The third kappa shape index (κ3) is 6.07. The fourth-order valence-electron chi connectivity index (χ4n) is 6.01. The van der Waals surface area contributed by atoms with Gasteiger partial charge in [-0.1, -0.05) is 42.3 Å². The van der Waals surface area contributed by atoms with Crippen LogP contribution in [0.15, 0.2) is 42.5 Å². The lowest BCUT2D eigenvalue weighted by molar-refractivity contribution is -0.130. The maximum atomic E-state index is 13.0. The smallest absolute Gasteiger partial charge is 0.253 e. The Kier molecular flexibility index (Phi) is 8.97. The quantitative estimate of drug-likeness (QED) is 0.510. The summed E-state index contributed by atoms with van der Waals surface area (Å²) in [5, 5.41) is 0.790. The van der Waals surface area contributed by atoms with Gasteiger partial charge in [0.1, 0.15) is 0 Å². The molecule has 36 heavy (non-hydrogen) atoms. The van der Waals surface area contributed by atoms with Gasteiger partial charge in [-0.2, -0.15) is 0 Å². The average molecular weight is 531 g/mol. The van der Waals surface area contributed by atoms with E-state index in [0.717, 1.165) is 86.5 Å². The summed E-state index contributed by atoms with van der Waals surface area (Å²) >= 11 is 6.78. The minimum atomic E-state index is 0. The van der Waals surface area contributed by atoms with Crippen LogP contribution in [0.1, 0.15) is 54.4 Å². The van der Waals surface area contributed by atoms with E-state index < -0.39 is 0 Å². The molecule has 0 N–H and O–H groups in total. The van der Waals surface area contributed by atoms with E-state index in [4.69, 9.17) is 11.6 Å². The number of carbonyl (C=O) groups excluding carboxylic acids is 2. The number of rotatable bonds is 5. The van der Waals surface area contributed by atoms with Gasteiger partial charge in [-0.3, -0.25) is 9.59 Å². The maximum absolute atomic E-state index is 13.0. The van der Waals surface area contributed by atoms with Crippen molar-refractivity contribution >= 4 is 35.8 Å². The first-order valence-electron chi connectivity index (χ1n) is 13.1. The zero-order valence-corrected chi connectivity index (χ0v) is 22.7. The Hall–Kier alpha value is -2.08. The maximum Gasteiger partial charge on any atom is 0.253 e. The van der Waals surface area contributed by atoms with E-state index in [2.05, 4.69) is 29.0 Å². The number of hydrogen-bond acceptors (Lipinski definition) is 3. The molecule has 2 heterocycles. The molecule has 2 amide bonds. The molecule has 3 fully saturated rings. The number of amides is 2. The highest BCUT2D eigenvalue weighted by atomic mass is 35.5. The summed E-state index contributed by atoms with van der Waals surface area (Å²) in [5.41, 5.74) is 3.97. The lowest BCUT2D eigenvalue weighted by Gasteiger charge is -2.35. The average Bonchev–Trinajstić information content (AvgIpc) is 3.31. The van der Waals surface area contributed by atoms with Gasteiger partial charge in [-0.25, -0.2) is 0 Å². The van der Waals surface area contributed by atoms with Crippen molar-refractivity contribution in [2.45, 2.75) is 51.0 Å². The predicted octanol–water partition coefficient (Wildman–Crippen LogP) is 5.54. The molecule has 2 unspecified atom stereocenters. The van der Waals surface area contributed by atoms with Crippen molar-refractivity contribution in [3.63, 3.8) is 0 Å². The molecule has 194 valence electrons. The summed E-state index contributed by atoms with van der Waals surface area (Å²) in [4.78, 5) is 31.6. The van der Waals surface area contributed by atoms with Crippen LogP contribution in [0.3, 0.4) is 0 Å². The van der Waals surface area contributed by atoms with Gasteiger partial charge in [0, 0.05) is 55.8 Å². The Morgan fingerprint density at radius 1 is 0.972 bits per heavy atom. The first-order valence-corrected chi connectivity index (χ1v) is 13.5. The summed E-state index contributed by atoms with van der Waals surface area (Å²) in [6.07, 6.45) is 7.29. The van der Waals surface area contributed by atoms with Gasteiger partial charge < -0.3 is 14.7 Å². The third-order valence-corrected chi connectivity index (χ3v) is 8.45. The van der Waals surface area contributed by atoms with Crippen LogP contribution in [0.5, 0.6) is 0 Å². The van der Waals surface area contributed by atoms with E-state index in [1.165, 1.54) is 18.4 Å². The largest absolute Gasteiger partial charge is 0.340 e. The van der Waals surface area contributed by atoms with Crippen LogP contribution in [0, 0.1) is 5.92 Å². The second-order valence-corrected chi connectivity index (χ2v) is 11.0. The number of likely N-dealkylation sites (tertiary alicyclic amines) is 1. The van der Waals surface area contributed by atoms with E-state index in [1.54, 1.807) is 0 Å². The van der Waals surface area contributed by atoms with Crippen LogP contribution in [-0.2, 0) is 11.2 Å². The summed E-state index contributed by atoms with van der Waals surface area (Å²) < 4.78 is 0. The Morgan fingerprint density at radius 3 is 2.47 bits per heavy atom. The van der Waals surface area contributed by atoms with Gasteiger partial charge >= 0.3 is 0 Å². The topological polar surface area (TPSA) is 43.9 Å². The number of likely N-dealkylation sites (N-methyl/N-ethyl adjacent to an activating group) is 1. The Balaban J connectivity index is 0.00000304. The van der Waals surface area contributed by atoms with Crippen molar-refractivity contribution in [2.75, 3.05) is 39.8 Å². The fraction of sp³-hybridized carbons (Fsp3) is 0.517. The Bertz CT molecular complexity index is 1080. The summed E-state index contributed by atoms with van der Waals surface area (Å²) in [6.45, 7) is 4.31. The van der Waals surface area contributed by atoms with Crippen LogP contribution in [0.4, 0.5) is 0 Å². The molecule has 2 saturated heterocycles. The monoisotopic (exact) mass is 529 g/mol. The highest BCUT2D eigenvalue weighted by molar-refractivity contribution is 6.31. The van der Waals surface area contributed by atoms with Gasteiger partial charge in [0.15, 0.2) is 0 Å². The second-order valence-electron chi connectivity index (χ2n) is 10.6. The molecular weight excluding hydrogens is 493 g/mol. The number of nitrogens with zero attached hydrogens (tertiary/aromatic N) is 3. The minimum Gasteiger partial charge on any atom is -0.340 e. The van der Waals surface area contributed by atoms with E-state index in [-0.39, 0.29) is 18.3 Å². The molecule has 1 saturated carbocycles. The van der Waals surface area contributed by atoms with E-state index in [9.17, 15) is 9.59 Å². The van der Waals surface area contributed by atoms with Crippen LogP contribution in [-0.4, -0.2) is 72.3 Å². The SMILES string of the molecule is CN1CCN(C(=O)c2cccc(-c3ccc(CC4CCCC(N5CCCC5=O)C4)c(Cl)c3)c2)CC1.Cl. The van der Waals surface area contributed by atoms with Crippen molar-refractivity contribution in [1.29, 1.82) is 0 Å². The molecule has 2 aliphatic heterocycles. The van der Waals surface area contributed by atoms with Crippen molar-refractivity contribution in [1.82, 2.24) is 14.7 Å². The lowest BCUT2D eigenvalue weighted by atomic mass is 9.81. The molecule has 0 bridgehead atoms. The van der Waals surface area contributed by atoms with Gasteiger partial charge in [-0.15, -0.1) is 12.4 Å². The predicted molar refractivity (Wildman–Crippen MR) is 148 cm³/mol. The summed E-state index contributed by atoms with van der Waals surface area (Å²) in [7, 11) is 2.09. The molecule has 2 aromatic rings. The molecule has 0 radical (unpaired) electrons. The third-order valence-electron chi connectivity index (χ3n) is 8.10. The molecule has 0 spiro atoms.